The van der Waals surface area contributed by atoms with Crippen LogP contribution in [0.1, 0.15) is 51.8 Å². The van der Waals surface area contributed by atoms with Crippen LogP contribution in [0.15, 0.2) is 24.3 Å². The molecule has 12 nitrogen and oxygen atoms in total. The largest absolute Gasteiger partial charge is 0.372 e. The molecule has 4 heterocycles. The molecule has 1 aromatic heterocycles. The van der Waals surface area contributed by atoms with Crippen molar-refractivity contribution in [2.24, 2.45) is 11.5 Å². The molecule has 0 saturated carbocycles. The molecule has 4 unspecified atom stereocenters. The minimum Gasteiger partial charge on any atom is -0.372 e. The number of hydrogen-bond donors (Lipinski definition) is 2. The molecule has 2 aromatic rings. The van der Waals surface area contributed by atoms with Gasteiger partial charge in [0.05, 0.1) is 18.8 Å². The minimum atomic E-state index is -0.932. The van der Waals surface area contributed by atoms with Gasteiger partial charge in [-0.05, 0) is 30.5 Å². The number of ether oxygens (including phenoxy) is 1. The first-order valence-corrected chi connectivity index (χ1v) is 11.3. The Morgan fingerprint density at radius 2 is 1.71 bits per heavy atom. The standard InChI is InChI=1S/C22H24FN7O5/c23-12-3-1-11(2-4-12)10-35-14-8-16-21(33)28-6-5-13(7-15(28)22(34)29(16)9-14)30-18(20(25)32)17(19(24)31)26-27-30/h1-4,13-16H,5-10H2,(H2,24,31)(H2,25,32). The second-order valence-electron chi connectivity index (χ2n) is 8.99. The fraction of sp³-hybridized carbons (Fsp3) is 0.455. The van der Waals surface area contributed by atoms with Gasteiger partial charge in [-0.1, -0.05) is 17.3 Å². The van der Waals surface area contributed by atoms with Crippen molar-refractivity contribution < 1.29 is 28.3 Å². The predicted molar refractivity (Wildman–Crippen MR) is 116 cm³/mol. The summed E-state index contributed by atoms with van der Waals surface area (Å²) in [7, 11) is 0. The van der Waals surface area contributed by atoms with E-state index < -0.39 is 29.9 Å². The fourth-order valence-electron chi connectivity index (χ4n) is 5.18. The number of piperidine rings is 1. The number of amides is 4. The first-order valence-electron chi connectivity index (χ1n) is 11.3. The van der Waals surface area contributed by atoms with E-state index in [0.717, 1.165) is 5.56 Å². The average molecular weight is 485 g/mol. The second kappa shape index (κ2) is 8.73. The van der Waals surface area contributed by atoms with Crippen LogP contribution >= 0.6 is 0 Å². The van der Waals surface area contributed by atoms with Gasteiger partial charge >= 0.3 is 0 Å². The summed E-state index contributed by atoms with van der Waals surface area (Å²) in [6.45, 7) is 0.788. The number of benzene rings is 1. The van der Waals surface area contributed by atoms with Gasteiger partial charge < -0.3 is 26.0 Å². The van der Waals surface area contributed by atoms with Gasteiger partial charge in [0.1, 0.15) is 17.9 Å². The molecule has 35 heavy (non-hydrogen) atoms. The first kappa shape index (κ1) is 22.9. The van der Waals surface area contributed by atoms with E-state index in [1.54, 1.807) is 21.9 Å². The molecule has 5 rings (SSSR count). The van der Waals surface area contributed by atoms with Crippen LogP contribution in [0.2, 0.25) is 0 Å². The molecule has 3 aliphatic rings. The molecule has 0 aliphatic carbocycles. The SMILES string of the molecule is NC(=O)c1nnn(C2CCN3C(=O)C4CC(OCc5ccc(F)cc5)CN4C(=O)C3C2)c1C(N)=O. The Labute approximate surface area is 199 Å². The van der Waals surface area contributed by atoms with E-state index >= 15 is 0 Å². The van der Waals surface area contributed by atoms with Crippen molar-refractivity contribution in [1.29, 1.82) is 0 Å². The van der Waals surface area contributed by atoms with Crippen LogP contribution in [-0.4, -0.2) is 79.7 Å². The minimum absolute atomic E-state index is 0.146. The zero-order valence-electron chi connectivity index (χ0n) is 18.7. The third-order valence-corrected chi connectivity index (χ3v) is 6.88. The van der Waals surface area contributed by atoms with Crippen molar-refractivity contribution in [2.45, 2.75) is 50.1 Å². The van der Waals surface area contributed by atoms with Crippen LogP contribution in [0.4, 0.5) is 4.39 Å². The predicted octanol–water partition coefficient (Wildman–Crippen LogP) is -0.653. The summed E-state index contributed by atoms with van der Waals surface area (Å²) in [5, 5.41) is 7.58. The number of rotatable bonds is 6. The molecule has 0 bridgehead atoms. The zero-order chi connectivity index (χ0) is 24.9. The van der Waals surface area contributed by atoms with Gasteiger partial charge in [-0.25, -0.2) is 9.07 Å². The molecule has 1 aromatic carbocycles. The Balaban J connectivity index is 1.30. The maximum atomic E-state index is 13.4. The van der Waals surface area contributed by atoms with Gasteiger partial charge in [-0.3, -0.25) is 19.2 Å². The monoisotopic (exact) mass is 485 g/mol. The number of hydrogen-bond acceptors (Lipinski definition) is 7. The van der Waals surface area contributed by atoms with Crippen LogP contribution in [-0.2, 0) is 20.9 Å². The second-order valence-corrected chi connectivity index (χ2v) is 8.99. The number of piperazine rings is 1. The molecular formula is C22H24FN7O5. The summed E-state index contributed by atoms with van der Waals surface area (Å²) in [4.78, 5) is 53.3. The van der Waals surface area contributed by atoms with Gasteiger partial charge in [0.15, 0.2) is 11.4 Å². The molecule has 3 saturated heterocycles. The number of nitrogens with zero attached hydrogens (tertiary/aromatic N) is 5. The topological polar surface area (TPSA) is 167 Å². The summed E-state index contributed by atoms with van der Waals surface area (Å²) in [6, 6.07) is 4.15. The van der Waals surface area contributed by atoms with Crippen molar-refractivity contribution >= 4 is 23.6 Å². The molecule has 3 fully saturated rings. The molecule has 0 spiro atoms. The summed E-state index contributed by atoms with van der Waals surface area (Å²) < 4.78 is 20.3. The summed E-state index contributed by atoms with van der Waals surface area (Å²) in [5.74, 6) is -2.52. The molecule has 0 radical (unpaired) electrons. The number of fused-ring (bicyclic) bond motifs is 2. The van der Waals surface area contributed by atoms with E-state index in [1.807, 2.05) is 0 Å². The van der Waals surface area contributed by atoms with Crippen molar-refractivity contribution in [3.05, 3.63) is 47.0 Å². The van der Waals surface area contributed by atoms with E-state index in [4.69, 9.17) is 16.2 Å². The van der Waals surface area contributed by atoms with E-state index in [9.17, 15) is 23.6 Å². The number of carbonyl (C=O) groups is 4. The van der Waals surface area contributed by atoms with E-state index in [0.29, 0.717) is 12.8 Å². The van der Waals surface area contributed by atoms with Crippen LogP contribution in [0.5, 0.6) is 0 Å². The Kier molecular flexibility index (Phi) is 5.71. The molecule has 184 valence electrons. The summed E-state index contributed by atoms with van der Waals surface area (Å²) >= 11 is 0. The van der Waals surface area contributed by atoms with Gasteiger partial charge in [0.2, 0.25) is 11.8 Å². The molecule has 13 heteroatoms. The maximum Gasteiger partial charge on any atom is 0.271 e. The third kappa shape index (κ3) is 4.01. The van der Waals surface area contributed by atoms with Crippen LogP contribution < -0.4 is 11.5 Å². The number of halogens is 1. The highest BCUT2D eigenvalue weighted by molar-refractivity contribution is 6.03. The molecule has 4 amide bonds. The van der Waals surface area contributed by atoms with Gasteiger partial charge in [-0.15, -0.1) is 5.10 Å². The lowest BCUT2D eigenvalue weighted by Crippen LogP contribution is -2.64. The highest BCUT2D eigenvalue weighted by Crippen LogP contribution is 2.36. The highest BCUT2D eigenvalue weighted by atomic mass is 19.1. The van der Waals surface area contributed by atoms with Crippen molar-refractivity contribution in [3.8, 4) is 0 Å². The lowest BCUT2D eigenvalue weighted by molar-refractivity contribution is -0.162. The fourth-order valence-corrected chi connectivity index (χ4v) is 5.18. The van der Waals surface area contributed by atoms with Crippen molar-refractivity contribution in [1.82, 2.24) is 24.8 Å². The molecule has 4 atom stereocenters. The smallest absolute Gasteiger partial charge is 0.271 e. The van der Waals surface area contributed by atoms with Gasteiger partial charge in [0, 0.05) is 19.5 Å². The van der Waals surface area contributed by atoms with Crippen molar-refractivity contribution in [3.63, 3.8) is 0 Å². The average Bonchev–Trinajstić information content (AvgIpc) is 3.47. The number of aromatic nitrogens is 3. The lowest BCUT2D eigenvalue weighted by Gasteiger charge is -2.46. The number of carbonyl (C=O) groups excluding carboxylic acids is 4. The van der Waals surface area contributed by atoms with Crippen LogP contribution in [0.3, 0.4) is 0 Å². The molecule has 4 N–H and O–H groups in total. The van der Waals surface area contributed by atoms with E-state index in [1.165, 1.54) is 16.8 Å². The Hall–Kier alpha value is -3.87. The first-order chi connectivity index (χ1) is 16.7. The summed E-state index contributed by atoms with van der Waals surface area (Å²) in [6.07, 6.45) is 0.644. The van der Waals surface area contributed by atoms with Crippen LogP contribution in [0, 0.1) is 5.82 Å². The maximum absolute atomic E-state index is 13.4. The lowest BCUT2D eigenvalue weighted by atomic mass is 9.92. The molecular weight excluding hydrogens is 461 g/mol. The highest BCUT2D eigenvalue weighted by Gasteiger charge is 2.52. The normalized spacial score (nSPS) is 26.0. The Morgan fingerprint density at radius 3 is 2.40 bits per heavy atom. The summed E-state index contributed by atoms with van der Waals surface area (Å²) in [5.41, 5.74) is 11.0. The Morgan fingerprint density at radius 1 is 1.03 bits per heavy atom. The third-order valence-electron chi connectivity index (χ3n) is 6.88. The number of nitrogens with two attached hydrogens (primary N) is 2. The Bertz CT molecular complexity index is 1200. The van der Waals surface area contributed by atoms with Crippen LogP contribution in [0.25, 0.3) is 0 Å². The van der Waals surface area contributed by atoms with E-state index in [2.05, 4.69) is 10.3 Å². The molecule has 3 aliphatic heterocycles. The zero-order valence-corrected chi connectivity index (χ0v) is 18.7. The van der Waals surface area contributed by atoms with Gasteiger partial charge in [-0.2, -0.15) is 0 Å². The van der Waals surface area contributed by atoms with E-state index in [-0.39, 0.29) is 61.2 Å². The van der Waals surface area contributed by atoms with Gasteiger partial charge in [0.25, 0.3) is 11.8 Å². The quantitative estimate of drug-likeness (QED) is 0.548. The van der Waals surface area contributed by atoms with Crippen molar-refractivity contribution in [2.75, 3.05) is 13.1 Å². The number of primary amides is 2.